The van der Waals surface area contributed by atoms with Gasteiger partial charge in [-0.05, 0) is 49.8 Å². The first-order valence-corrected chi connectivity index (χ1v) is 6.07. The molecule has 1 unspecified atom stereocenters. The largest absolute Gasteiger partial charge is 0.479 e. The molecule has 1 atom stereocenters. The van der Waals surface area contributed by atoms with Crippen LogP contribution in [-0.2, 0) is 22.4 Å². The Balaban J connectivity index is 2.18. The van der Waals surface area contributed by atoms with Gasteiger partial charge in [0.25, 0.3) is 0 Å². The quantitative estimate of drug-likeness (QED) is 0.754. The molecule has 0 saturated carbocycles. The second kappa shape index (κ2) is 5.21. The first-order chi connectivity index (χ1) is 8.22. The fraction of sp³-hybridized carbons (Fsp3) is 0.500. The Kier molecular flexibility index (Phi) is 3.67. The van der Waals surface area contributed by atoms with Crippen molar-refractivity contribution in [1.82, 2.24) is 0 Å². The van der Waals surface area contributed by atoms with Gasteiger partial charge in [0.05, 0.1) is 7.11 Å². The Bertz CT molecular complexity index is 412. The molecular formula is C14H18O3. The zero-order valence-corrected chi connectivity index (χ0v) is 10.4. The van der Waals surface area contributed by atoms with Gasteiger partial charge in [-0.1, -0.05) is 12.1 Å². The fourth-order valence-electron chi connectivity index (χ4n) is 2.26. The van der Waals surface area contributed by atoms with E-state index in [0.29, 0.717) is 0 Å². The molecule has 0 heterocycles. The molecule has 1 aliphatic rings. The summed E-state index contributed by atoms with van der Waals surface area (Å²) in [4.78, 5) is 11.3. The van der Waals surface area contributed by atoms with Crippen molar-refractivity contribution in [2.45, 2.75) is 38.7 Å². The number of fused-ring (bicyclic) bond motifs is 1. The van der Waals surface area contributed by atoms with Gasteiger partial charge in [-0.15, -0.1) is 0 Å². The van der Waals surface area contributed by atoms with Crippen LogP contribution in [0.1, 0.15) is 30.9 Å². The number of hydrogen-bond acceptors (Lipinski definition) is 3. The molecule has 0 saturated heterocycles. The Hall–Kier alpha value is -1.51. The molecule has 2 rings (SSSR count). The van der Waals surface area contributed by atoms with Crippen molar-refractivity contribution in [3.8, 4) is 5.75 Å². The lowest BCUT2D eigenvalue weighted by atomic mass is 9.91. The average Bonchev–Trinajstić information content (AvgIpc) is 2.38. The Morgan fingerprint density at radius 3 is 2.82 bits per heavy atom. The van der Waals surface area contributed by atoms with Crippen molar-refractivity contribution in [2.24, 2.45) is 0 Å². The summed E-state index contributed by atoms with van der Waals surface area (Å²) >= 11 is 0. The summed E-state index contributed by atoms with van der Waals surface area (Å²) in [6.45, 7) is 1.72. The van der Waals surface area contributed by atoms with Crippen LogP contribution in [0.2, 0.25) is 0 Å². The smallest absolute Gasteiger partial charge is 0.346 e. The molecule has 1 aromatic carbocycles. The molecule has 0 radical (unpaired) electrons. The number of hydrogen-bond donors (Lipinski definition) is 0. The van der Waals surface area contributed by atoms with Crippen molar-refractivity contribution in [1.29, 1.82) is 0 Å². The van der Waals surface area contributed by atoms with Gasteiger partial charge >= 0.3 is 5.97 Å². The van der Waals surface area contributed by atoms with E-state index in [9.17, 15) is 4.79 Å². The Morgan fingerprint density at radius 1 is 1.29 bits per heavy atom. The van der Waals surface area contributed by atoms with Gasteiger partial charge < -0.3 is 9.47 Å². The highest BCUT2D eigenvalue weighted by atomic mass is 16.6. The van der Waals surface area contributed by atoms with E-state index in [1.807, 2.05) is 12.1 Å². The van der Waals surface area contributed by atoms with Crippen LogP contribution >= 0.6 is 0 Å². The molecule has 17 heavy (non-hydrogen) atoms. The van der Waals surface area contributed by atoms with E-state index in [2.05, 4.69) is 10.8 Å². The number of methoxy groups -OCH3 is 1. The average molecular weight is 234 g/mol. The molecule has 1 aliphatic carbocycles. The molecule has 0 N–H and O–H groups in total. The van der Waals surface area contributed by atoms with Gasteiger partial charge in [0.2, 0.25) is 0 Å². The van der Waals surface area contributed by atoms with Crippen molar-refractivity contribution < 1.29 is 14.3 Å². The number of ether oxygens (including phenoxy) is 2. The van der Waals surface area contributed by atoms with Crippen LogP contribution in [0.5, 0.6) is 5.75 Å². The molecule has 0 spiro atoms. The fourth-order valence-corrected chi connectivity index (χ4v) is 2.26. The molecule has 0 amide bonds. The summed E-state index contributed by atoms with van der Waals surface area (Å²) in [5.74, 6) is 0.499. The van der Waals surface area contributed by atoms with Crippen LogP contribution in [0.3, 0.4) is 0 Å². The van der Waals surface area contributed by atoms with Crippen molar-refractivity contribution >= 4 is 5.97 Å². The van der Waals surface area contributed by atoms with E-state index in [0.717, 1.165) is 18.6 Å². The normalized spacial score (nSPS) is 15.9. The highest BCUT2D eigenvalue weighted by molar-refractivity contribution is 5.74. The molecule has 0 aromatic heterocycles. The lowest BCUT2D eigenvalue weighted by Crippen LogP contribution is -2.25. The summed E-state index contributed by atoms with van der Waals surface area (Å²) in [6.07, 6.45) is 4.04. The van der Waals surface area contributed by atoms with Crippen molar-refractivity contribution in [3.63, 3.8) is 0 Å². The molecule has 0 bridgehead atoms. The van der Waals surface area contributed by atoms with E-state index >= 15 is 0 Å². The summed E-state index contributed by atoms with van der Waals surface area (Å²) in [7, 11) is 1.38. The monoisotopic (exact) mass is 234 g/mol. The lowest BCUT2D eigenvalue weighted by molar-refractivity contribution is -0.147. The molecule has 0 fully saturated rings. The highest BCUT2D eigenvalue weighted by Gasteiger charge is 2.19. The Labute approximate surface area is 102 Å². The van der Waals surface area contributed by atoms with Crippen LogP contribution in [-0.4, -0.2) is 19.2 Å². The van der Waals surface area contributed by atoms with Crippen LogP contribution in [0.25, 0.3) is 0 Å². The summed E-state index contributed by atoms with van der Waals surface area (Å²) in [5, 5.41) is 0. The van der Waals surface area contributed by atoms with E-state index < -0.39 is 6.10 Å². The first-order valence-electron chi connectivity index (χ1n) is 6.07. The van der Waals surface area contributed by atoms with Gasteiger partial charge in [-0.25, -0.2) is 4.79 Å². The van der Waals surface area contributed by atoms with Gasteiger partial charge in [0.1, 0.15) is 5.75 Å². The molecular weight excluding hydrogens is 216 g/mol. The van der Waals surface area contributed by atoms with Gasteiger partial charge in [-0.2, -0.15) is 0 Å². The minimum absolute atomic E-state index is 0.335. The number of carbonyl (C=O) groups excluding carboxylic acids is 1. The van der Waals surface area contributed by atoms with Crippen LogP contribution in [0.4, 0.5) is 0 Å². The van der Waals surface area contributed by atoms with E-state index in [4.69, 9.17) is 4.74 Å². The summed E-state index contributed by atoms with van der Waals surface area (Å²) in [6, 6.07) is 6.07. The van der Waals surface area contributed by atoms with E-state index in [-0.39, 0.29) is 5.97 Å². The van der Waals surface area contributed by atoms with Crippen molar-refractivity contribution in [2.75, 3.05) is 7.11 Å². The standard InChI is InChI=1S/C14H18O3/c1-10(14(15)16-2)17-13-9-5-7-11-6-3-4-8-12(11)13/h5,7,9-10H,3-4,6,8H2,1-2H3. The lowest BCUT2D eigenvalue weighted by Gasteiger charge is -2.21. The molecule has 3 nitrogen and oxygen atoms in total. The highest BCUT2D eigenvalue weighted by Crippen LogP contribution is 2.30. The molecule has 0 aliphatic heterocycles. The number of carbonyl (C=O) groups is 1. The maximum atomic E-state index is 11.3. The predicted molar refractivity (Wildman–Crippen MR) is 65.2 cm³/mol. The van der Waals surface area contributed by atoms with Gasteiger partial charge in [0.15, 0.2) is 6.10 Å². The maximum absolute atomic E-state index is 11.3. The molecule has 3 heteroatoms. The SMILES string of the molecule is COC(=O)C(C)Oc1cccc2c1CCCC2. The second-order valence-corrected chi connectivity index (χ2v) is 4.38. The van der Waals surface area contributed by atoms with Crippen LogP contribution < -0.4 is 4.74 Å². The maximum Gasteiger partial charge on any atom is 0.346 e. The minimum atomic E-state index is -0.548. The van der Waals surface area contributed by atoms with Crippen LogP contribution in [0, 0.1) is 0 Å². The number of esters is 1. The van der Waals surface area contributed by atoms with E-state index in [1.54, 1.807) is 6.92 Å². The molecule has 92 valence electrons. The first kappa shape index (κ1) is 12.0. The summed E-state index contributed by atoms with van der Waals surface area (Å²) < 4.78 is 10.4. The summed E-state index contributed by atoms with van der Waals surface area (Å²) in [5.41, 5.74) is 2.61. The van der Waals surface area contributed by atoms with E-state index in [1.165, 1.54) is 31.1 Å². The van der Waals surface area contributed by atoms with Gasteiger partial charge in [-0.3, -0.25) is 0 Å². The van der Waals surface area contributed by atoms with Gasteiger partial charge in [0, 0.05) is 0 Å². The molecule has 1 aromatic rings. The number of aryl methyl sites for hydroxylation is 1. The zero-order valence-electron chi connectivity index (χ0n) is 10.4. The third-order valence-corrected chi connectivity index (χ3v) is 3.19. The van der Waals surface area contributed by atoms with Crippen LogP contribution in [0.15, 0.2) is 18.2 Å². The third-order valence-electron chi connectivity index (χ3n) is 3.19. The minimum Gasteiger partial charge on any atom is -0.479 e. The topological polar surface area (TPSA) is 35.5 Å². The number of rotatable bonds is 3. The predicted octanol–water partition coefficient (Wildman–Crippen LogP) is 2.51. The second-order valence-electron chi connectivity index (χ2n) is 4.38. The third kappa shape index (κ3) is 2.60. The Morgan fingerprint density at radius 2 is 2.06 bits per heavy atom. The number of benzene rings is 1. The zero-order chi connectivity index (χ0) is 12.3. The van der Waals surface area contributed by atoms with Crippen molar-refractivity contribution in [3.05, 3.63) is 29.3 Å².